The van der Waals surface area contributed by atoms with Gasteiger partial charge in [-0.15, -0.1) is 0 Å². The van der Waals surface area contributed by atoms with Crippen molar-refractivity contribution in [1.82, 2.24) is 0 Å². The SMILES string of the molecule is COC/C(=C\C(=O)O)c1ccco1. The van der Waals surface area contributed by atoms with E-state index in [2.05, 4.69) is 0 Å². The van der Waals surface area contributed by atoms with Gasteiger partial charge in [-0.2, -0.15) is 0 Å². The number of carboxylic acid groups (broad SMARTS) is 1. The first-order valence-electron chi connectivity index (χ1n) is 3.70. The normalized spacial score (nSPS) is 11.6. The number of ether oxygens (including phenoxy) is 1. The molecule has 0 radical (unpaired) electrons. The quantitative estimate of drug-likeness (QED) is 0.715. The monoisotopic (exact) mass is 182 g/mol. The summed E-state index contributed by atoms with van der Waals surface area (Å²) >= 11 is 0. The van der Waals surface area contributed by atoms with Gasteiger partial charge in [-0.05, 0) is 12.1 Å². The molecule has 0 aromatic carbocycles. The van der Waals surface area contributed by atoms with Crippen molar-refractivity contribution in [2.24, 2.45) is 0 Å². The van der Waals surface area contributed by atoms with Crippen LogP contribution in [0.2, 0.25) is 0 Å². The molecule has 0 saturated carbocycles. The number of furan rings is 1. The van der Waals surface area contributed by atoms with Crippen LogP contribution in [0.3, 0.4) is 0 Å². The third kappa shape index (κ3) is 2.76. The molecule has 4 heteroatoms. The molecular weight excluding hydrogens is 172 g/mol. The van der Waals surface area contributed by atoms with Crippen molar-refractivity contribution >= 4 is 11.5 Å². The summed E-state index contributed by atoms with van der Waals surface area (Å²) in [5.41, 5.74) is 0.514. The van der Waals surface area contributed by atoms with E-state index in [-0.39, 0.29) is 6.61 Å². The van der Waals surface area contributed by atoms with Gasteiger partial charge >= 0.3 is 5.97 Å². The molecule has 0 unspecified atom stereocenters. The number of rotatable bonds is 4. The summed E-state index contributed by atoms with van der Waals surface area (Å²) < 4.78 is 9.87. The summed E-state index contributed by atoms with van der Waals surface area (Å²) in [7, 11) is 1.50. The number of methoxy groups -OCH3 is 1. The summed E-state index contributed by atoms with van der Waals surface area (Å²) in [6.07, 6.45) is 2.56. The van der Waals surface area contributed by atoms with Gasteiger partial charge in [0.15, 0.2) is 0 Å². The van der Waals surface area contributed by atoms with Crippen LogP contribution in [0.4, 0.5) is 0 Å². The molecule has 0 fully saturated rings. The number of carboxylic acids is 1. The summed E-state index contributed by atoms with van der Waals surface area (Å²) in [5, 5.41) is 8.54. The van der Waals surface area contributed by atoms with Crippen molar-refractivity contribution in [3.8, 4) is 0 Å². The van der Waals surface area contributed by atoms with E-state index in [1.54, 1.807) is 12.1 Å². The Balaban J connectivity index is 2.86. The smallest absolute Gasteiger partial charge is 0.328 e. The Labute approximate surface area is 75.4 Å². The Morgan fingerprint density at radius 2 is 2.54 bits per heavy atom. The molecule has 1 aromatic rings. The van der Waals surface area contributed by atoms with E-state index in [1.165, 1.54) is 13.4 Å². The van der Waals surface area contributed by atoms with Crippen LogP contribution in [0.5, 0.6) is 0 Å². The Kier molecular flexibility index (Phi) is 3.28. The molecule has 70 valence electrons. The highest BCUT2D eigenvalue weighted by Crippen LogP contribution is 2.14. The van der Waals surface area contributed by atoms with Gasteiger partial charge < -0.3 is 14.3 Å². The minimum Gasteiger partial charge on any atom is -0.478 e. The summed E-state index contributed by atoms with van der Waals surface area (Å²) in [4.78, 5) is 10.4. The van der Waals surface area contributed by atoms with Crippen LogP contribution in [0.25, 0.3) is 5.57 Å². The van der Waals surface area contributed by atoms with Gasteiger partial charge in [0.25, 0.3) is 0 Å². The predicted molar refractivity (Wildman–Crippen MR) is 46.2 cm³/mol. The number of carbonyl (C=O) groups is 1. The molecular formula is C9H10O4. The molecule has 1 rings (SSSR count). The second-order valence-corrected chi connectivity index (χ2v) is 2.42. The van der Waals surface area contributed by atoms with E-state index in [1.807, 2.05) is 0 Å². The zero-order valence-corrected chi connectivity index (χ0v) is 7.19. The predicted octanol–water partition coefficient (Wildman–Crippen LogP) is 1.39. The molecule has 1 aromatic heterocycles. The average Bonchev–Trinajstić information content (AvgIpc) is 2.54. The third-order valence-corrected chi connectivity index (χ3v) is 1.44. The maximum atomic E-state index is 10.4. The Hall–Kier alpha value is -1.55. The first kappa shape index (κ1) is 9.54. The zero-order valence-electron chi connectivity index (χ0n) is 7.19. The van der Waals surface area contributed by atoms with E-state index in [9.17, 15) is 4.79 Å². The van der Waals surface area contributed by atoms with Crippen molar-refractivity contribution in [2.45, 2.75) is 0 Å². The largest absolute Gasteiger partial charge is 0.478 e. The van der Waals surface area contributed by atoms with Crippen molar-refractivity contribution in [2.75, 3.05) is 13.7 Å². The second-order valence-electron chi connectivity index (χ2n) is 2.42. The lowest BCUT2D eigenvalue weighted by atomic mass is 10.2. The Morgan fingerprint density at radius 3 is 3.00 bits per heavy atom. The van der Waals surface area contributed by atoms with Crippen molar-refractivity contribution in [3.05, 3.63) is 30.2 Å². The van der Waals surface area contributed by atoms with Crippen molar-refractivity contribution in [1.29, 1.82) is 0 Å². The van der Waals surface area contributed by atoms with Crippen molar-refractivity contribution < 1.29 is 19.1 Å². The van der Waals surface area contributed by atoms with Gasteiger partial charge in [0.2, 0.25) is 0 Å². The van der Waals surface area contributed by atoms with Gasteiger partial charge in [-0.25, -0.2) is 4.79 Å². The first-order chi connectivity index (χ1) is 6.24. The summed E-state index contributed by atoms with van der Waals surface area (Å²) in [6.45, 7) is 0.222. The van der Waals surface area contributed by atoms with E-state index in [4.69, 9.17) is 14.3 Å². The molecule has 1 heterocycles. The summed E-state index contributed by atoms with van der Waals surface area (Å²) in [5.74, 6) is -0.493. The van der Waals surface area contributed by atoms with Crippen LogP contribution < -0.4 is 0 Å². The van der Waals surface area contributed by atoms with Gasteiger partial charge in [0.05, 0.1) is 12.9 Å². The fourth-order valence-electron chi connectivity index (χ4n) is 0.950. The van der Waals surface area contributed by atoms with Crippen LogP contribution >= 0.6 is 0 Å². The van der Waals surface area contributed by atoms with E-state index < -0.39 is 5.97 Å². The topological polar surface area (TPSA) is 59.7 Å². The fraction of sp³-hybridized carbons (Fsp3) is 0.222. The highest BCUT2D eigenvalue weighted by Gasteiger charge is 2.05. The molecule has 13 heavy (non-hydrogen) atoms. The molecule has 1 N–H and O–H groups in total. The second kappa shape index (κ2) is 4.47. The third-order valence-electron chi connectivity index (χ3n) is 1.44. The number of aliphatic carboxylic acids is 1. The van der Waals surface area contributed by atoms with Crippen LogP contribution in [-0.2, 0) is 9.53 Å². The molecule has 0 aliphatic heterocycles. The molecule has 0 bridgehead atoms. The number of hydrogen-bond donors (Lipinski definition) is 1. The first-order valence-corrected chi connectivity index (χ1v) is 3.70. The Morgan fingerprint density at radius 1 is 1.77 bits per heavy atom. The van der Waals surface area contributed by atoms with Crippen LogP contribution in [-0.4, -0.2) is 24.8 Å². The van der Waals surface area contributed by atoms with Crippen LogP contribution in [0, 0.1) is 0 Å². The van der Waals surface area contributed by atoms with Crippen LogP contribution in [0.15, 0.2) is 28.9 Å². The molecule has 0 aliphatic rings. The van der Waals surface area contributed by atoms with Gasteiger partial charge in [0.1, 0.15) is 5.76 Å². The Bertz CT molecular complexity index is 297. The average molecular weight is 182 g/mol. The maximum absolute atomic E-state index is 10.4. The van der Waals surface area contributed by atoms with E-state index >= 15 is 0 Å². The molecule has 0 saturated heterocycles. The molecule has 0 amide bonds. The van der Waals surface area contributed by atoms with Crippen molar-refractivity contribution in [3.63, 3.8) is 0 Å². The minimum absolute atomic E-state index is 0.222. The number of hydrogen-bond acceptors (Lipinski definition) is 3. The molecule has 0 atom stereocenters. The maximum Gasteiger partial charge on any atom is 0.328 e. The lowest BCUT2D eigenvalue weighted by Gasteiger charge is -2.00. The van der Waals surface area contributed by atoms with E-state index in [0.717, 1.165) is 6.08 Å². The van der Waals surface area contributed by atoms with Gasteiger partial charge in [0, 0.05) is 18.8 Å². The highest BCUT2D eigenvalue weighted by molar-refractivity contribution is 5.89. The standard InChI is InChI=1S/C9H10O4/c1-12-6-7(5-9(10)11)8-3-2-4-13-8/h2-5H,6H2,1H3,(H,10,11)/b7-5+. The van der Waals surface area contributed by atoms with Gasteiger partial charge in [-0.1, -0.05) is 0 Å². The summed E-state index contributed by atoms with van der Waals surface area (Å²) in [6, 6.07) is 3.38. The molecule has 0 aliphatic carbocycles. The highest BCUT2D eigenvalue weighted by atomic mass is 16.5. The molecule has 4 nitrogen and oxygen atoms in total. The lowest BCUT2D eigenvalue weighted by molar-refractivity contribution is -0.131. The molecule has 0 spiro atoms. The fourth-order valence-corrected chi connectivity index (χ4v) is 0.950. The minimum atomic E-state index is -1.01. The van der Waals surface area contributed by atoms with E-state index in [0.29, 0.717) is 11.3 Å². The van der Waals surface area contributed by atoms with Crippen LogP contribution in [0.1, 0.15) is 5.76 Å². The lowest BCUT2D eigenvalue weighted by Crippen LogP contribution is -1.97. The zero-order chi connectivity index (χ0) is 9.68. The van der Waals surface area contributed by atoms with Gasteiger partial charge in [-0.3, -0.25) is 0 Å².